The van der Waals surface area contributed by atoms with Crippen molar-refractivity contribution in [2.45, 2.75) is 6.92 Å². The van der Waals surface area contributed by atoms with Crippen LogP contribution < -0.4 is 4.74 Å². The van der Waals surface area contributed by atoms with E-state index in [1.165, 1.54) is 16.8 Å². The molecule has 0 radical (unpaired) electrons. The van der Waals surface area contributed by atoms with E-state index in [1.807, 2.05) is 37.3 Å². The monoisotopic (exact) mass is 386 g/mol. The second kappa shape index (κ2) is 7.59. The Labute approximate surface area is 167 Å². The molecule has 0 aliphatic carbocycles. The average molecular weight is 386 g/mol. The fourth-order valence-corrected chi connectivity index (χ4v) is 3.24. The molecule has 0 amide bonds. The number of para-hydroxylation sites is 2. The van der Waals surface area contributed by atoms with E-state index in [2.05, 4.69) is 5.10 Å². The minimum Gasteiger partial charge on any atom is -0.493 e. The van der Waals surface area contributed by atoms with Crippen molar-refractivity contribution in [1.29, 1.82) is 0 Å². The first-order chi connectivity index (χ1) is 14.1. The lowest BCUT2D eigenvalue weighted by Gasteiger charge is -2.09. The van der Waals surface area contributed by atoms with Crippen LogP contribution in [0.3, 0.4) is 0 Å². The van der Waals surface area contributed by atoms with Gasteiger partial charge in [-0.15, -0.1) is 0 Å². The third-order valence-corrected chi connectivity index (χ3v) is 4.60. The first kappa shape index (κ1) is 18.4. The van der Waals surface area contributed by atoms with Crippen molar-refractivity contribution in [2.24, 2.45) is 0 Å². The average Bonchev–Trinajstić information content (AvgIpc) is 3.14. The van der Waals surface area contributed by atoms with Gasteiger partial charge >= 0.3 is 5.97 Å². The first-order valence-electron chi connectivity index (χ1n) is 9.18. The molecule has 0 fully saturated rings. The Morgan fingerprint density at radius 3 is 2.38 bits per heavy atom. The minimum atomic E-state index is -0.991. The van der Waals surface area contributed by atoms with Gasteiger partial charge in [-0.1, -0.05) is 42.5 Å². The lowest BCUT2D eigenvalue weighted by Crippen LogP contribution is -2.15. The maximum atomic E-state index is 13.3. The van der Waals surface area contributed by atoms with Crippen LogP contribution in [0.15, 0.2) is 72.8 Å². The fraction of sp³-hybridized carbons (Fsp3) is 0.0870. The Hall–Kier alpha value is -3.93. The Morgan fingerprint density at radius 1 is 0.966 bits per heavy atom. The maximum Gasteiger partial charge on any atom is 0.335 e. The van der Waals surface area contributed by atoms with E-state index in [-0.39, 0.29) is 11.5 Å². The van der Waals surface area contributed by atoms with Crippen LogP contribution in [0.25, 0.3) is 22.2 Å². The number of carboxylic acids is 1. The molecule has 0 saturated carbocycles. The van der Waals surface area contributed by atoms with Gasteiger partial charge in [0.1, 0.15) is 11.4 Å². The predicted molar refractivity (Wildman–Crippen MR) is 109 cm³/mol. The number of hydrogen-bond donors (Lipinski definition) is 1. The molecular formula is C23H18N2O4. The molecule has 0 aliphatic rings. The molecule has 1 N–H and O–H groups in total. The summed E-state index contributed by atoms with van der Waals surface area (Å²) in [6.45, 7) is 2.31. The minimum absolute atomic E-state index is 0.194. The summed E-state index contributed by atoms with van der Waals surface area (Å²) < 4.78 is 6.97. The zero-order valence-electron chi connectivity index (χ0n) is 15.7. The summed E-state index contributed by atoms with van der Waals surface area (Å²) in [5.41, 5.74) is 2.63. The van der Waals surface area contributed by atoms with Crippen molar-refractivity contribution in [3.8, 4) is 17.0 Å². The molecule has 29 heavy (non-hydrogen) atoms. The second-order valence-corrected chi connectivity index (χ2v) is 6.39. The second-order valence-electron chi connectivity index (χ2n) is 6.39. The highest BCUT2D eigenvalue weighted by Gasteiger charge is 2.20. The number of rotatable bonds is 5. The molecule has 0 bridgehead atoms. The summed E-state index contributed by atoms with van der Waals surface area (Å²) in [4.78, 5) is 24.4. The third kappa shape index (κ3) is 3.36. The maximum absolute atomic E-state index is 13.3. The SMILES string of the molecule is CCOc1ccccc1C(=O)n1nc(-c2ccc(C(=O)O)cc2)c2ccccc21. The number of benzene rings is 3. The topological polar surface area (TPSA) is 81.4 Å². The molecule has 4 rings (SSSR count). The van der Waals surface area contributed by atoms with Crippen LogP contribution in [0.2, 0.25) is 0 Å². The summed E-state index contributed by atoms with van der Waals surface area (Å²) in [6, 6.07) is 21.0. The number of ether oxygens (including phenoxy) is 1. The summed E-state index contributed by atoms with van der Waals surface area (Å²) >= 11 is 0. The van der Waals surface area contributed by atoms with Crippen LogP contribution in [-0.2, 0) is 0 Å². The smallest absolute Gasteiger partial charge is 0.335 e. The molecule has 1 aromatic heterocycles. The molecule has 6 heteroatoms. The van der Waals surface area contributed by atoms with Gasteiger partial charge in [0.15, 0.2) is 0 Å². The Kier molecular flexibility index (Phi) is 4.83. The molecule has 0 unspecified atom stereocenters. The van der Waals surface area contributed by atoms with Gasteiger partial charge in [0, 0.05) is 10.9 Å². The van der Waals surface area contributed by atoms with Crippen LogP contribution in [0.5, 0.6) is 5.75 Å². The third-order valence-electron chi connectivity index (χ3n) is 4.60. The summed E-state index contributed by atoms with van der Waals surface area (Å²) in [5, 5.41) is 14.5. The number of carbonyl (C=O) groups is 2. The zero-order chi connectivity index (χ0) is 20.4. The lowest BCUT2D eigenvalue weighted by molar-refractivity contribution is 0.0696. The lowest BCUT2D eigenvalue weighted by atomic mass is 10.1. The Morgan fingerprint density at radius 2 is 1.66 bits per heavy atom. The van der Waals surface area contributed by atoms with Gasteiger partial charge in [-0.3, -0.25) is 4.79 Å². The number of carbonyl (C=O) groups excluding carboxylic acids is 1. The van der Waals surface area contributed by atoms with E-state index in [0.29, 0.717) is 29.1 Å². The normalized spacial score (nSPS) is 10.8. The number of hydrogen-bond acceptors (Lipinski definition) is 4. The van der Waals surface area contributed by atoms with Gasteiger partial charge in [-0.25, -0.2) is 4.79 Å². The van der Waals surface area contributed by atoms with Crippen LogP contribution in [0.1, 0.15) is 27.6 Å². The molecule has 1 heterocycles. The van der Waals surface area contributed by atoms with Crippen molar-refractivity contribution in [3.05, 3.63) is 83.9 Å². The number of nitrogens with zero attached hydrogens (tertiary/aromatic N) is 2. The van der Waals surface area contributed by atoms with Crippen molar-refractivity contribution in [3.63, 3.8) is 0 Å². The van der Waals surface area contributed by atoms with Crippen molar-refractivity contribution < 1.29 is 19.4 Å². The largest absolute Gasteiger partial charge is 0.493 e. The molecule has 0 saturated heterocycles. The number of carboxylic acid groups (broad SMARTS) is 1. The molecule has 144 valence electrons. The zero-order valence-corrected chi connectivity index (χ0v) is 15.7. The van der Waals surface area contributed by atoms with E-state index in [9.17, 15) is 9.59 Å². The van der Waals surface area contributed by atoms with Gasteiger partial charge in [0.05, 0.1) is 23.3 Å². The number of aromatic nitrogens is 2. The van der Waals surface area contributed by atoms with Gasteiger partial charge in [0.2, 0.25) is 0 Å². The first-order valence-corrected chi connectivity index (χ1v) is 9.18. The molecule has 0 spiro atoms. The molecule has 4 aromatic rings. The van der Waals surface area contributed by atoms with Gasteiger partial charge in [-0.2, -0.15) is 9.78 Å². The quantitative estimate of drug-likeness (QED) is 0.547. The molecule has 6 nitrogen and oxygen atoms in total. The highest BCUT2D eigenvalue weighted by atomic mass is 16.5. The van der Waals surface area contributed by atoms with Crippen LogP contribution in [-0.4, -0.2) is 33.4 Å². The van der Waals surface area contributed by atoms with Gasteiger partial charge in [-0.05, 0) is 37.3 Å². The summed E-state index contributed by atoms with van der Waals surface area (Å²) in [6.07, 6.45) is 0. The fourth-order valence-electron chi connectivity index (χ4n) is 3.24. The molecule has 0 aliphatic heterocycles. The van der Waals surface area contributed by atoms with Crippen LogP contribution >= 0.6 is 0 Å². The van der Waals surface area contributed by atoms with E-state index >= 15 is 0 Å². The van der Waals surface area contributed by atoms with Gasteiger partial charge < -0.3 is 9.84 Å². The Balaban J connectivity index is 1.85. The van der Waals surface area contributed by atoms with Crippen LogP contribution in [0.4, 0.5) is 0 Å². The van der Waals surface area contributed by atoms with Gasteiger partial charge in [0.25, 0.3) is 5.91 Å². The number of fused-ring (bicyclic) bond motifs is 1. The summed E-state index contributed by atoms with van der Waals surface area (Å²) in [7, 11) is 0. The van der Waals surface area contributed by atoms with Crippen molar-refractivity contribution in [1.82, 2.24) is 9.78 Å². The van der Waals surface area contributed by atoms with E-state index in [0.717, 1.165) is 10.9 Å². The molecular weight excluding hydrogens is 368 g/mol. The highest BCUT2D eigenvalue weighted by molar-refractivity contribution is 6.06. The van der Waals surface area contributed by atoms with E-state index in [1.54, 1.807) is 30.3 Å². The van der Waals surface area contributed by atoms with E-state index in [4.69, 9.17) is 9.84 Å². The van der Waals surface area contributed by atoms with Crippen molar-refractivity contribution in [2.75, 3.05) is 6.61 Å². The Bertz CT molecular complexity index is 1210. The molecule has 3 aromatic carbocycles. The summed E-state index contributed by atoms with van der Waals surface area (Å²) in [5.74, 6) is -0.778. The highest BCUT2D eigenvalue weighted by Crippen LogP contribution is 2.29. The van der Waals surface area contributed by atoms with Crippen LogP contribution in [0, 0.1) is 0 Å². The van der Waals surface area contributed by atoms with Crippen molar-refractivity contribution >= 4 is 22.8 Å². The standard InChI is InChI=1S/C23H18N2O4/c1-2-29-20-10-6-4-8-18(20)22(26)25-19-9-5-3-7-17(19)21(24-25)15-11-13-16(14-12-15)23(27)28/h3-14H,2H2,1H3,(H,27,28). The molecule has 0 atom stereocenters. The van der Waals surface area contributed by atoms with E-state index < -0.39 is 5.97 Å². The predicted octanol–water partition coefficient (Wildman–Crippen LogP) is 4.49. The number of aromatic carboxylic acids is 1.